The van der Waals surface area contributed by atoms with E-state index >= 15 is 0 Å². The van der Waals surface area contributed by atoms with E-state index in [0.29, 0.717) is 12.1 Å². The summed E-state index contributed by atoms with van der Waals surface area (Å²) in [6.07, 6.45) is 0. The summed E-state index contributed by atoms with van der Waals surface area (Å²) >= 11 is 1.94. The number of nitrogens with one attached hydrogen (secondary N) is 1. The summed E-state index contributed by atoms with van der Waals surface area (Å²) in [4.78, 5) is 5.51. The highest BCUT2D eigenvalue weighted by Gasteiger charge is 2.14. The van der Waals surface area contributed by atoms with Gasteiger partial charge in [-0.25, -0.2) is 0 Å². The van der Waals surface area contributed by atoms with Gasteiger partial charge >= 0.3 is 0 Å². The number of aryl methyl sites for hydroxylation is 1. The standard InChI is InChI=1S/C17H32N2S/c1-12(2)10-19(14(5)6)11-16-8-17(20-15(16)7)9-18-13(3)4/h8,12-14,18H,9-11H2,1-7H3. The minimum atomic E-state index is 0.550. The Balaban J connectivity index is 2.70. The molecular weight excluding hydrogens is 264 g/mol. The molecule has 0 aliphatic heterocycles. The van der Waals surface area contributed by atoms with Crippen molar-refractivity contribution in [3.8, 4) is 0 Å². The van der Waals surface area contributed by atoms with Crippen molar-refractivity contribution >= 4 is 11.3 Å². The van der Waals surface area contributed by atoms with Crippen LogP contribution in [0.5, 0.6) is 0 Å². The summed E-state index contributed by atoms with van der Waals surface area (Å²) in [6, 6.07) is 3.55. The highest BCUT2D eigenvalue weighted by atomic mass is 32.1. The molecule has 1 N–H and O–H groups in total. The van der Waals surface area contributed by atoms with Crippen molar-refractivity contribution in [3.05, 3.63) is 21.4 Å². The summed E-state index contributed by atoms with van der Waals surface area (Å²) in [5.74, 6) is 0.721. The van der Waals surface area contributed by atoms with E-state index in [4.69, 9.17) is 0 Å². The molecule has 0 fully saturated rings. The van der Waals surface area contributed by atoms with E-state index in [2.05, 4.69) is 64.7 Å². The van der Waals surface area contributed by atoms with Crippen molar-refractivity contribution in [2.24, 2.45) is 5.92 Å². The van der Waals surface area contributed by atoms with E-state index < -0.39 is 0 Å². The first kappa shape index (κ1) is 17.7. The molecule has 0 aliphatic carbocycles. The van der Waals surface area contributed by atoms with Crippen molar-refractivity contribution < 1.29 is 0 Å². The van der Waals surface area contributed by atoms with Crippen LogP contribution in [0, 0.1) is 12.8 Å². The Morgan fingerprint density at radius 1 is 1.15 bits per heavy atom. The van der Waals surface area contributed by atoms with Gasteiger partial charge in [0.1, 0.15) is 0 Å². The third kappa shape index (κ3) is 5.94. The molecule has 0 aliphatic rings. The molecule has 20 heavy (non-hydrogen) atoms. The largest absolute Gasteiger partial charge is 0.310 e. The van der Waals surface area contributed by atoms with Gasteiger partial charge in [0.2, 0.25) is 0 Å². The molecule has 0 saturated heterocycles. The van der Waals surface area contributed by atoms with Crippen LogP contribution in [0.3, 0.4) is 0 Å². The topological polar surface area (TPSA) is 15.3 Å². The van der Waals surface area contributed by atoms with E-state index in [-0.39, 0.29) is 0 Å². The summed E-state index contributed by atoms with van der Waals surface area (Å²) in [6.45, 7) is 19.1. The number of hydrogen-bond acceptors (Lipinski definition) is 3. The zero-order valence-electron chi connectivity index (χ0n) is 14.3. The molecular formula is C17H32N2S. The van der Waals surface area contributed by atoms with Crippen molar-refractivity contribution in [2.75, 3.05) is 6.54 Å². The molecule has 1 aromatic heterocycles. The van der Waals surface area contributed by atoms with Crippen molar-refractivity contribution in [2.45, 2.75) is 73.6 Å². The molecule has 0 atom stereocenters. The van der Waals surface area contributed by atoms with Gasteiger partial charge in [-0.15, -0.1) is 11.3 Å². The minimum absolute atomic E-state index is 0.550. The second-order valence-electron chi connectivity index (χ2n) is 6.75. The lowest BCUT2D eigenvalue weighted by Crippen LogP contribution is -2.33. The summed E-state index contributed by atoms with van der Waals surface area (Å²) < 4.78 is 0. The maximum Gasteiger partial charge on any atom is 0.0302 e. The van der Waals surface area contributed by atoms with Crippen LogP contribution < -0.4 is 5.32 Å². The number of hydrogen-bond donors (Lipinski definition) is 1. The summed E-state index contributed by atoms with van der Waals surface area (Å²) in [7, 11) is 0. The van der Waals surface area contributed by atoms with E-state index in [9.17, 15) is 0 Å². The predicted molar refractivity (Wildman–Crippen MR) is 91.4 cm³/mol. The quantitative estimate of drug-likeness (QED) is 0.764. The Kier molecular flexibility index (Phi) is 7.21. The Morgan fingerprint density at radius 2 is 1.80 bits per heavy atom. The third-order valence-corrected chi connectivity index (χ3v) is 4.55. The lowest BCUT2D eigenvalue weighted by Gasteiger charge is -2.28. The van der Waals surface area contributed by atoms with Crippen molar-refractivity contribution in [3.63, 3.8) is 0 Å². The second-order valence-corrected chi connectivity index (χ2v) is 8.09. The van der Waals surface area contributed by atoms with Crippen LogP contribution in [0.1, 0.15) is 56.9 Å². The lowest BCUT2D eigenvalue weighted by atomic mass is 10.1. The van der Waals surface area contributed by atoms with Crippen LogP contribution >= 0.6 is 11.3 Å². The molecule has 0 aromatic carbocycles. The minimum Gasteiger partial charge on any atom is -0.310 e. The second kappa shape index (κ2) is 8.16. The SMILES string of the molecule is Cc1sc(CNC(C)C)cc1CN(CC(C)C)C(C)C. The molecule has 1 rings (SSSR count). The average Bonchev–Trinajstić information content (AvgIpc) is 2.66. The molecule has 1 heterocycles. The predicted octanol–water partition coefficient (Wildman–Crippen LogP) is 4.42. The first-order chi connectivity index (χ1) is 9.29. The van der Waals surface area contributed by atoms with Gasteiger partial charge in [-0.05, 0) is 38.3 Å². The van der Waals surface area contributed by atoms with Gasteiger partial charge in [0.05, 0.1) is 0 Å². The van der Waals surface area contributed by atoms with Crippen LogP contribution in [-0.4, -0.2) is 23.5 Å². The Labute approximate surface area is 129 Å². The molecule has 0 unspecified atom stereocenters. The molecule has 0 amide bonds. The maximum atomic E-state index is 3.51. The first-order valence-corrected chi connectivity index (χ1v) is 8.66. The number of nitrogens with zero attached hydrogens (tertiary/aromatic N) is 1. The normalized spacial score (nSPS) is 12.3. The highest BCUT2D eigenvalue weighted by molar-refractivity contribution is 7.12. The van der Waals surface area contributed by atoms with Crippen LogP contribution in [0.2, 0.25) is 0 Å². The monoisotopic (exact) mass is 296 g/mol. The molecule has 0 saturated carbocycles. The maximum absolute atomic E-state index is 3.51. The smallest absolute Gasteiger partial charge is 0.0302 e. The fraction of sp³-hybridized carbons (Fsp3) is 0.765. The molecule has 2 nitrogen and oxygen atoms in total. The molecule has 3 heteroatoms. The summed E-state index contributed by atoms with van der Waals surface area (Å²) in [5, 5.41) is 3.51. The molecule has 1 aromatic rings. The fourth-order valence-corrected chi connectivity index (χ4v) is 3.29. The Morgan fingerprint density at radius 3 is 2.30 bits per heavy atom. The van der Waals surface area contributed by atoms with Crippen molar-refractivity contribution in [1.29, 1.82) is 0 Å². The van der Waals surface area contributed by atoms with Crippen molar-refractivity contribution in [1.82, 2.24) is 10.2 Å². The van der Waals surface area contributed by atoms with Gasteiger partial charge in [-0.1, -0.05) is 27.7 Å². The van der Waals surface area contributed by atoms with Crippen LogP contribution in [0.4, 0.5) is 0 Å². The van der Waals surface area contributed by atoms with E-state index in [1.807, 2.05) is 11.3 Å². The highest BCUT2D eigenvalue weighted by Crippen LogP contribution is 2.24. The zero-order chi connectivity index (χ0) is 15.3. The van der Waals surface area contributed by atoms with E-state index in [1.165, 1.54) is 21.9 Å². The number of thiophene rings is 1. The molecule has 0 bridgehead atoms. The Bertz CT molecular complexity index is 394. The number of rotatable bonds is 8. The molecule has 116 valence electrons. The van der Waals surface area contributed by atoms with Gasteiger partial charge in [-0.2, -0.15) is 0 Å². The zero-order valence-corrected chi connectivity index (χ0v) is 15.1. The van der Waals surface area contributed by atoms with Gasteiger partial charge in [0, 0.05) is 41.5 Å². The Hall–Kier alpha value is -0.380. The summed E-state index contributed by atoms with van der Waals surface area (Å²) in [5.41, 5.74) is 1.50. The average molecular weight is 297 g/mol. The fourth-order valence-electron chi connectivity index (χ4n) is 2.28. The lowest BCUT2D eigenvalue weighted by molar-refractivity contribution is 0.189. The van der Waals surface area contributed by atoms with Gasteiger partial charge in [-0.3, -0.25) is 4.90 Å². The van der Waals surface area contributed by atoms with Crippen LogP contribution in [-0.2, 0) is 13.1 Å². The van der Waals surface area contributed by atoms with E-state index in [0.717, 1.165) is 19.0 Å². The van der Waals surface area contributed by atoms with Gasteiger partial charge in [0.15, 0.2) is 0 Å². The third-order valence-electron chi connectivity index (χ3n) is 3.46. The van der Waals surface area contributed by atoms with E-state index in [1.54, 1.807) is 0 Å². The first-order valence-electron chi connectivity index (χ1n) is 7.85. The van der Waals surface area contributed by atoms with Crippen LogP contribution in [0.15, 0.2) is 6.07 Å². The van der Waals surface area contributed by atoms with Crippen LogP contribution in [0.25, 0.3) is 0 Å². The molecule has 0 radical (unpaired) electrons. The molecule has 0 spiro atoms. The van der Waals surface area contributed by atoms with Gasteiger partial charge < -0.3 is 5.32 Å². The van der Waals surface area contributed by atoms with Gasteiger partial charge in [0.25, 0.3) is 0 Å².